The first-order chi connectivity index (χ1) is 14.8. The summed E-state index contributed by atoms with van der Waals surface area (Å²) in [7, 11) is 2.30. The molecular weight excluding hydrogens is 414 g/mol. The van der Waals surface area contributed by atoms with Crippen LogP contribution in [0.5, 0.6) is 5.75 Å². The van der Waals surface area contributed by atoms with Crippen molar-refractivity contribution in [1.82, 2.24) is 9.21 Å². The molecule has 1 heterocycles. The van der Waals surface area contributed by atoms with Gasteiger partial charge in [-0.25, -0.2) is 12.7 Å². The molecule has 0 saturated carbocycles. The molecule has 0 bridgehead atoms. The number of ether oxygens (including phenoxy) is 1. The van der Waals surface area contributed by atoms with Crippen LogP contribution >= 0.6 is 0 Å². The molecule has 1 aliphatic rings. The number of benzene rings is 2. The SMILES string of the molecule is COc1ccc(C(=O)N(C)Cc2ccccc2N2CCCCC2)cc1S(=O)(=O)N(C)C. The van der Waals surface area contributed by atoms with Gasteiger partial charge in [0.05, 0.1) is 7.11 Å². The van der Waals surface area contributed by atoms with Gasteiger partial charge in [0.15, 0.2) is 0 Å². The molecule has 2 aromatic rings. The molecule has 0 atom stereocenters. The van der Waals surface area contributed by atoms with Crippen molar-refractivity contribution in [2.24, 2.45) is 0 Å². The molecule has 1 fully saturated rings. The summed E-state index contributed by atoms with van der Waals surface area (Å²) in [5.74, 6) is -0.0327. The number of para-hydroxylation sites is 1. The van der Waals surface area contributed by atoms with E-state index in [9.17, 15) is 13.2 Å². The second-order valence-electron chi connectivity index (χ2n) is 7.99. The van der Waals surface area contributed by atoms with Gasteiger partial charge in [0.25, 0.3) is 5.91 Å². The molecular formula is C23H31N3O4S. The van der Waals surface area contributed by atoms with Crippen LogP contribution in [-0.2, 0) is 16.6 Å². The Kier molecular flexibility index (Phi) is 7.23. The second-order valence-corrected chi connectivity index (χ2v) is 10.1. The summed E-state index contributed by atoms with van der Waals surface area (Å²) in [6, 6.07) is 12.7. The Labute approximate surface area is 185 Å². The average Bonchev–Trinajstić information content (AvgIpc) is 2.78. The standard InChI is InChI=1S/C23H31N3O4S/c1-24(2)31(28,29)22-16-18(12-13-21(22)30-4)23(27)25(3)17-19-10-6-7-11-20(19)26-14-8-5-9-15-26/h6-7,10-13,16H,5,8-9,14-15,17H2,1-4H3. The number of anilines is 1. The van der Waals surface area contributed by atoms with Gasteiger partial charge in [-0.3, -0.25) is 4.79 Å². The lowest BCUT2D eigenvalue weighted by atomic mass is 10.1. The highest BCUT2D eigenvalue weighted by atomic mass is 32.2. The molecule has 0 spiro atoms. The monoisotopic (exact) mass is 445 g/mol. The van der Waals surface area contributed by atoms with E-state index in [1.165, 1.54) is 52.6 Å². The molecule has 2 aromatic carbocycles. The first-order valence-electron chi connectivity index (χ1n) is 10.4. The summed E-state index contributed by atoms with van der Waals surface area (Å²) in [4.78, 5) is 17.1. The molecule has 1 aliphatic heterocycles. The van der Waals surface area contributed by atoms with Crippen LogP contribution in [0.1, 0.15) is 35.2 Å². The lowest BCUT2D eigenvalue weighted by Gasteiger charge is -2.31. The third-order valence-electron chi connectivity index (χ3n) is 5.61. The van der Waals surface area contributed by atoms with E-state index in [2.05, 4.69) is 11.0 Å². The van der Waals surface area contributed by atoms with Crippen LogP contribution in [0.25, 0.3) is 0 Å². The van der Waals surface area contributed by atoms with Crippen LogP contribution in [0, 0.1) is 0 Å². The molecule has 1 saturated heterocycles. The third kappa shape index (κ3) is 5.02. The minimum Gasteiger partial charge on any atom is -0.495 e. The van der Waals surface area contributed by atoms with Gasteiger partial charge in [0.2, 0.25) is 10.0 Å². The predicted octanol–water partition coefficient (Wildman–Crippen LogP) is 3.21. The minimum atomic E-state index is -3.75. The summed E-state index contributed by atoms with van der Waals surface area (Å²) < 4.78 is 31.7. The fraction of sp³-hybridized carbons (Fsp3) is 0.435. The van der Waals surface area contributed by atoms with Crippen LogP contribution in [0.3, 0.4) is 0 Å². The van der Waals surface area contributed by atoms with Gasteiger partial charge in [0, 0.05) is 52.0 Å². The van der Waals surface area contributed by atoms with Gasteiger partial charge < -0.3 is 14.5 Å². The Bertz CT molecular complexity index is 1030. The van der Waals surface area contributed by atoms with Gasteiger partial charge >= 0.3 is 0 Å². The van der Waals surface area contributed by atoms with Crippen LogP contribution in [0.2, 0.25) is 0 Å². The summed E-state index contributed by atoms with van der Waals surface area (Å²) >= 11 is 0. The maximum atomic E-state index is 13.1. The van der Waals surface area contributed by atoms with E-state index in [0.29, 0.717) is 12.1 Å². The third-order valence-corrected chi connectivity index (χ3v) is 7.45. The molecule has 0 radical (unpaired) electrons. The van der Waals surface area contributed by atoms with Crippen LogP contribution < -0.4 is 9.64 Å². The first-order valence-corrected chi connectivity index (χ1v) is 11.9. The highest BCUT2D eigenvalue weighted by Crippen LogP contribution is 2.28. The Hall–Kier alpha value is -2.58. The molecule has 0 aromatic heterocycles. The zero-order valence-electron chi connectivity index (χ0n) is 18.7. The highest BCUT2D eigenvalue weighted by Gasteiger charge is 2.25. The van der Waals surface area contributed by atoms with Crippen molar-refractivity contribution in [3.8, 4) is 5.75 Å². The van der Waals surface area contributed by atoms with E-state index < -0.39 is 10.0 Å². The first kappa shape index (κ1) is 23.1. The number of carbonyl (C=O) groups excluding carboxylic acids is 1. The lowest BCUT2D eigenvalue weighted by molar-refractivity contribution is 0.0785. The number of rotatable bonds is 7. The summed E-state index contributed by atoms with van der Waals surface area (Å²) in [5, 5.41) is 0. The zero-order valence-corrected chi connectivity index (χ0v) is 19.5. The fourth-order valence-corrected chi connectivity index (χ4v) is 4.92. The molecule has 168 valence electrons. The molecule has 0 unspecified atom stereocenters. The van der Waals surface area contributed by atoms with E-state index in [-0.39, 0.29) is 16.6 Å². The second kappa shape index (κ2) is 9.70. The Balaban J connectivity index is 1.86. The van der Waals surface area contributed by atoms with Crippen molar-refractivity contribution in [2.75, 3.05) is 46.2 Å². The quantitative estimate of drug-likeness (QED) is 0.655. The number of nitrogens with zero attached hydrogens (tertiary/aromatic N) is 3. The van der Waals surface area contributed by atoms with Crippen molar-refractivity contribution in [2.45, 2.75) is 30.7 Å². The number of piperidine rings is 1. The van der Waals surface area contributed by atoms with Gasteiger partial charge in [-0.2, -0.15) is 0 Å². The highest BCUT2D eigenvalue weighted by molar-refractivity contribution is 7.89. The number of carbonyl (C=O) groups is 1. The zero-order chi connectivity index (χ0) is 22.6. The molecule has 31 heavy (non-hydrogen) atoms. The van der Waals surface area contributed by atoms with Crippen molar-refractivity contribution >= 4 is 21.6 Å². The van der Waals surface area contributed by atoms with Crippen molar-refractivity contribution in [1.29, 1.82) is 0 Å². The molecule has 1 amide bonds. The van der Waals surface area contributed by atoms with Crippen LogP contribution in [0.15, 0.2) is 47.4 Å². The Morgan fingerprint density at radius 1 is 1.03 bits per heavy atom. The maximum Gasteiger partial charge on any atom is 0.253 e. The average molecular weight is 446 g/mol. The van der Waals surface area contributed by atoms with E-state index >= 15 is 0 Å². The lowest BCUT2D eigenvalue weighted by Crippen LogP contribution is -2.32. The summed E-state index contributed by atoms with van der Waals surface area (Å²) in [6.45, 7) is 2.49. The largest absolute Gasteiger partial charge is 0.495 e. The molecule has 8 heteroatoms. The molecule has 7 nitrogen and oxygen atoms in total. The number of methoxy groups -OCH3 is 1. The van der Waals surface area contributed by atoms with Gasteiger partial charge in [-0.1, -0.05) is 18.2 Å². The minimum absolute atomic E-state index is 0.0204. The van der Waals surface area contributed by atoms with Gasteiger partial charge in [-0.15, -0.1) is 0 Å². The number of hydrogen-bond acceptors (Lipinski definition) is 5. The predicted molar refractivity (Wildman–Crippen MR) is 122 cm³/mol. The van der Waals surface area contributed by atoms with Gasteiger partial charge in [-0.05, 0) is 49.1 Å². The number of amides is 1. The molecule has 0 N–H and O–H groups in total. The van der Waals surface area contributed by atoms with Crippen molar-refractivity contribution in [3.05, 3.63) is 53.6 Å². The van der Waals surface area contributed by atoms with Crippen molar-refractivity contribution in [3.63, 3.8) is 0 Å². The van der Waals surface area contributed by atoms with E-state index in [1.807, 2.05) is 18.2 Å². The normalized spacial score (nSPS) is 14.5. The Morgan fingerprint density at radius 3 is 2.35 bits per heavy atom. The van der Waals surface area contributed by atoms with Gasteiger partial charge in [0.1, 0.15) is 10.6 Å². The summed E-state index contributed by atoms with van der Waals surface area (Å²) in [5.41, 5.74) is 2.54. The Morgan fingerprint density at radius 2 is 1.71 bits per heavy atom. The fourth-order valence-electron chi connectivity index (χ4n) is 3.84. The van der Waals surface area contributed by atoms with Crippen LogP contribution in [0.4, 0.5) is 5.69 Å². The topological polar surface area (TPSA) is 70.2 Å². The maximum absolute atomic E-state index is 13.1. The van der Waals surface area contributed by atoms with Crippen molar-refractivity contribution < 1.29 is 17.9 Å². The van der Waals surface area contributed by atoms with Crippen LogP contribution in [-0.4, -0.2) is 64.9 Å². The van der Waals surface area contributed by atoms with E-state index in [1.54, 1.807) is 18.0 Å². The summed E-state index contributed by atoms with van der Waals surface area (Å²) in [6.07, 6.45) is 3.61. The number of sulfonamides is 1. The van der Waals surface area contributed by atoms with E-state index in [0.717, 1.165) is 28.6 Å². The smallest absolute Gasteiger partial charge is 0.253 e. The molecule has 3 rings (SSSR count). The van der Waals surface area contributed by atoms with E-state index in [4.69, 9.17) is 4.74 Å². The molecule has 0 aliphatic carbocycles. The number of hydrogen-bond donors (Lipinski definition) is 0.